The summed E-state index contributed by atoms with van der Waals surface area (Å²) in [4.78, 5) is 4.35. The van der Waals surface area contributed by atoms with Crippen LogP contribution in [0.25, 0.3) is 0 Å². The van der Waals surface area contributed by atoms with Crippen molar-refractivity contribution in [2.45, 2.75) is 25.3 Å². The Bertz CT molecular complexity index is 806. The van der Waals surface area contributed by atoms with Gasteiger partial charge in [-0.25, -0.2) is 16.8 Å². The van der Waals surface area contributed by atoms with Crippen molar-refractivity contribution in [1.82, 2.24) is 10.6 Å². The van der Waals surface area contributed by atoms with E-state index in [-0.39, 0.29) is 42.0 Å². The summed E-state index contributed by atoms with van der Waals surface area (Å²) in [6.07, 6.45) is 1.18. The van der Waals surface area contributed by atoms with Crippen LogP contribution in [-0.2, 0) is 26.2 Å². The van der Waals surface area contributed by atoms with E-state index in [9.17, 15) is 16.8 Å². The van der Waals surface area contributed by atoms with Crippen molar-refractivity contribution in [2.75, 3.05) is 31.4 Å². The first-order valence-electron chi connectivity index (χ1n) is 7.53. The first-order chi connectivity index (χ1) is 11.1. The molecule has 0 amide bonds. The lowest BCUT2D eigenvalue weighted by Gasteiger charge is -2.13. The van der Waals surface area contributed by atoms with Crippen molar-refractivity contribution >= 4 is 49.6 Å². The van der Waals surface area contributed by atoms with Gasteiger partial charge in [0.05, 0.1) is 10.6 Å². The molecular formula is C15H26IN3O4S2. The van der Waals surface area contributed by atoms with Crippen LogP contribution in [-0.4, -0.2) is 54.1 Å². The number of nitrogens with one attached hydrogen (secondary N) is 2. The summed E-state index contributed by atoms with van der Waals surface area (Å²) in [7, 11) is -4.65. The Kier molecular flexibility index (Phi) is 9.95. The number of nitrogens with zero attached hydrogens (tertiary/aromatic N) is 1. The summed E-state index contributed by atoms with van der Waals surface area (Å²) in [6.45, 7) is 4.10. The predicted octanol–water partition coefficient (Wildman–Crippen LogP) is 1.12. The zero-order valence-corrected chi connectivity index (χ0v) is 18.8. The molecule has 0 fully saturated rings. The van der Waals surface area contributed by atoms with Crippen molar-refractivity contribution in [3.63, 3.8) is 0 Å². The van der Waals surface area contributed by atoms with Crippen LogP contribution in [0.15, 0.2) is 28.1 Å². The Balaban J connectivity index is 0.00000576. The van der Waals surface area contributed by atoms with Gasteiger partial charge in [-0.15, -0.1) is 24.0 Å². The molecule has 1 aromatic carbocycles. The quantitative estimate of drug-likeness (QED) is 0.328. The second-order valence-electron chi connectivity index (χ2n) is 5.46. The third-order valence-corrected chi connectivity index (χ3v) is 6.43. The number of aryl methyl sites for hydroxylation is 1. The van der Waals surface area contributed by atoms with Crippen molar-refractivity contribution < 1.29 is 16.8 Å². The molecule has 25 heavy (non-hydrogen) atoms. The molecule has 0 heterocycles. The van der Waals surface area contributed by atoms with Crippen LogP contribution >= 0.6 is 24.0 Å². The molecule has 0 radical (unpaired) electrons. The largest absolute Gasteiger partial charge is 0.355 e. The van der Waals surface area contributed by atoms with E-state index < -0.39 is 19.7 Å². The molecule has 0 aromatic heterocycles. The maximum absolute atomic E-state index is 11.6. The van der Waals surface area contributed by atoms with Crippen molar-refractivity contribution in [3.8, 4) is 0 Å². The maximum atomic E-state index is 11.6. The lowest BCUT2D eigenvalue weighted by atomic mass is 10.1. The van der Waals surface area contributed by atoms with Crippen LogP contribution in [0.5, 0.6) is 0 Å². The molecule has 7 nitrogen and oxygen atoms in total. The molecule has 0 aliphatic rings. The Labute approximate surface area is 167 Å². The Morgan fingerprint density at radius 2 is 1.80 bits per heavy atom. The number of benzene rings is 1. The highest BCUT2D eigenvalue weighted by molar-refractivity contribution is 14.0. The van der Waals surface area contributed by atoms with E-state index in [0.717, 1.165) is 5.56 Å². The molecule has 1 rings (SSSR count). The lowest BCUT2D eigenvalue weighted by Crippen LogP contribution is -2.39. The zero-order valence-electron chi connectivity index (χ0n) is 14.9. The van der Waals surface area contributed by atoms with Crippen LogP contribution in [0.4, 0.5) is 0 Å². The number of halogens is 1. The first kappa shape index (κ1) is 24.1. The summed E-state index contributed by atoms with van der Waals surface area (Å²) in [5, 5.41) is 6.01. The number of sulfone groups is 2. The number of guanidine groups is 1. The smallest absolute Gasteiger partial charge is 0.191 e. The van der Waals surface area contributed by atoms with Gasteiger partial charge in [0.25, 0.3) is 0 Å². The Morgan fingerprint density at radius 1 is 1.16 bits per heavy atom. The lowest BCUT2D eigenvalue weighted by molar-refractivity contribution is 0.595. The fourth-order valence-electron chi connectivity index (χ4n) is 2.11. The molecule has 2 N–H and O–H groups in total. The molecule has 0 atom stereocenters. The monoisotopic (exact) mass is 503 g/mol. The average molecular weight is 503 g/mol. The highest BCUT2D eigenvalue weighted by Gasteiger charge is 2.11. The van der Waals surface area contributed by atoms with Gasteiger partial charge >= 0.3 is 0 Å². The summed E-state index contributed by atoms with van der Waals surface area (Å²) in [5.74, 6) is 0.658. The van der Waals surface area contributed by atoms with Crippen LogP contribution < -0.4 is 10.6 Å². The van der Waals surface area contributed by atoms with E-state index in [1.807, 2.05) is 0 Å². The maximum Gasteiger partial charge on any atom is 0.191 e. The fourth-order valence-corrected chi connectivity index (χ4v) is 3.77. The van der Waals surface area contributed by atoms with Crippen LogP contribution in [0.2, 0.25) is 0 Å². The van der Waals surface area contributed by atoms with E-state index in [1.165, 1.54) is 6.26 Å². The molecule has 144 valence electrons. The van der Waals surface area contributed by atoms with Crippen molar-refractivity contribution in [1.29, 1.82) is 0 Å². The molecule has 0 saturated heterocycles. The van der Waals surface area contributed by atoms with Crippen LogP contribution in [0.3, 0.4) is 0 Å². The van der Waals surface area contributed by atoms with Gasteiger partial charge in [0.2, 0.25) is 0 Å². The second-order valence-corrected chi connectivity index (χ2v) is 9.92. The molecule has 0 bridgehead atoms. The summed E-state index contributed by atoms with van der Waals surface area (Å²) in [5.41, 5.74) is 1.60. The number of rotatable bonds is 7. The van der Waals surface area contributed by atoms with Crippen LogP contribution in [0, 0.1) is 6.92 Å². The zero-order chi connectivity index (χ0) is 18.4. The summed E-state index contributed by atoms with van der Waals surface area (Å²) in [6, 6.07) is 5.13. The summed E-state index contributed by atoms with van der Waals surface area (Å²) >= 11 is 0. The van der Waals surface area contributed by atoms with Gasteiger partial charge in [-0.2, -0.15) is 0 Å². The average Bonchev–Trinajstić information content (AvgIpc) is 2.49. The van der Waals surface area contributed by atoms with E-state index in [1.54, 1.807) is 39.1 Å². The molecule has 0 unspecified atom stereocenters. The van der Waals surface area contributed by atoms with Gasteiger partial charge in [-0.1, -0.05) is 19.1 Å². The molecule has 0 aliphatic heterocycles. The van der Waals surface area contributed by atoms with Gasteiger partial charge in [-0.3, -0.25) is 4.99 Å². The molecule has 0 spiro atoms. The van der Waals surface area contributed by atoms with E-state index in [4.69, 9.17) is 0 Å². The second kappa shape index (κ2) is 10.3. The normalized spacial score (nSPS) is 12.4. The fraction of sp³-hybridized carbons (Fsp3) is 0.533. The minimum Gasteiger partial charge on any atom is -0.355 e. The summed E-state index contributed by atoms with van der Waals surface area (Å²) < 4.78 is 46.1. The van der Waals surface area contributed by atoms with Gasteiger partial charge in [0.1, 0.15) is 0 Å². The topological polar surface area (TPSA) is 105 Å². The standard InChI is InChI=1S/C15H25N3O4S2.HI/c1-5-24(21,22)9-8-17-15(16-3)18-11-13-6-7-14(12(2)10-13)23(4,19)20;/h6-7,10H,5,8-9,11H2,1-4H3,(H2,16,17,18);1H. The van der Waals surface area contributed by atoms with Gasteiger partial charge in [-0.05, 0) is 24.1 Å². The predicted molar refractivity (Wildman–Crippen MR) is 112 cm³/mol. The highest BCUT2D eigenvalue weighted by Crippen LogP contribution is 2.16. The molecule has 10 heteroatoms. The van der Waals surface area contributed by atoms with Crippen LogP contribution in [0.1, 0.15) is 18.1 Å². The van der Waals surface area contributed by atoms with Gasteiger partial charge in [0, 0.05) is 32.1 Å². The van der Waals surface area contributed by atoms with Gasteiger partial charge in [0.15, 0.2) is 25.6 Å². The van der Waals surface area contributed by atoms with Crippen molar-refractivity contribution in [3.05, 3.63) is 29.3 Å². The SMILES string of the molecule is CCS(=O)(=O)CCNC(=NC)NCc1ccc(S(C)(=O)=O)c(C)c1.I. The van der Waals surface area contributed by atoms with Crippen molar-refractivity contribution in [2.24, 2.45) is 4.99 Å². The third kappa shape index (κ3) is 8.36. The van der Waals surface area contributed by atoms with Gasteiger partial charge < -0.3 is 10.6 Å². The minimum atomic E-state index is -3.23. The van der Waals surface area contributed by atoms with E-state index in [2.05, 4.69) is 15.6 Å². The minimum absolute atomic E-state index is 0. The first-order valence-corrected chi connectivity index (χ1v) is 11.2. The van der Waals surface area contributed by atoms with E-state index in [0.29, 0.717) is 23.0 Å². The third-order valence-electron chi connectivity index (χ3n) is 3.47. The molecule has 0 saturated carbocycles. The molecule has 0 aliphatic carbocycles. The number of hydrogen-bond donors (Lipinski definition) is 2. The highest BCUT2D eigenvalue weighted by atomic mass is 127. The Hall–Kier alpha value is -0.880. The number of aliphatic imine (C=N–C) groups is 1. The number of hydrogen-bond acceptors (Lipinski definition) is 5. The van der Waals surface area contributed by atoms with E-state index >= 15 is 0 Å². The molecular weight excluding hydrogens is 477 g/mol. The molecule has 1 aromatic rings. The Morgan fingerprint density at radius 3 is 2.28 bits per heavy atom.